The fraction of sp³-hybridized carbons (Fsp3) is 0.942. The number of carbonyl (C=O) groups is 4. The van der Waals surface area contributed by atoms with Gasteiger partial charge in [-0.1, -0.05) is 70.3 Å². The number of hydroxylamine groups is 9. The van der Waals surface area contributed by atoms with Gasteiger partial charge in [-0.25, -0.2) is 5.21 Å². The Morgan fingerprint density at radius 2 is 0.629 bits per heavy atom. The first kappa shape index (κ1) is 78.8. The van der Waals surface area contributed by atoms with Gasteiger partial charge in [0.1, 0.15) is 11.1 Å². The SMILES string of the molecule is CCCCC(CCCCCCC(CCCC)(C(=O)OCCCOC1CC(C)(C)N([OH2+])C(C)(C)C1)C(=O)OCCCOC1CC(C)(C)[N+](C)(O)C(C)(C)C1)(C(=O)OCCCOC1CC(C)(C)N(O)C(C)(C)C1)C(=O)OCCCOC1CC(C)(C)N(O)C(C)(C)C1. The quantitative estimate of drug-likeness (QED) is 0.0131. The molecule has 0 aliphatic carbocycles. The summed E-state index contributed by atoms with van der Waals surface area (Å²) < 4.78 is 49.4. The number of nitrogens with zero attached hydrogens (tertiary/aromatic N) is 4. The molecule has 4 aliphatic heterocycles. The molecule has 0 aromatic heterocycles. The van der Waals surface area contributed by atoms with Crippen molar-refractivity contribution in [3.05, 3.63) is 0 Å². The van der Waals surface area contributed by atoms with Crippen molar-refractivity contribution in [3.63, 3.8) is 0 Å². The Bertz CT molecular complexity index is 2080. The van der Waals surface area contributed by atoms with Gasteiger partial charge in [0.25, 0.3) is 0 Å². The summed E-state index contributed by atoms with van der Waals surface area (Å²) in [6.07, 6.45) is 12.3. The lowest BCUT2D eigenvalue weighted by Crippen LogP contribution is -2.71. The summed E-state index contributed by atoms with van der Waals surface area (Å²) in [5.74, 6) is -2.46. The van der Waals surface area contributed by atoms with Crippen LogP contribution in [-0.4, -0.2) is 193 Å². The summed E-state index contributed by atoms with van der Waals surface area (Å²) in [6, 6.07) is 0. The van der Waals surface area contributed by atoms with Gasteiger partial charge in [-0.3, -0.25) is 19.2 Å². The number of hydrogen-bond acceptors (Lipinski definition) is 18. The molecule has 89 heavy (non-hydrogen) atoms. The van der Waals surface area contributed by atoms with E-state index in [9.17, 15) is 34.8 Å². The third kappa shape index (κ3) is 20.9. The average molecular weight is 1270 g/mol. The van der Waals surface area contributed by atoms with Crippen LogP contribution in [0.5, 0.6) is 0 Å². The van der Waals surface area contributed by atoms with E-state index in [4.69, 9.17) is 43.1 Å². The van der Waals surface area contributed by atoms with E-state index in [1.165, 1.54) is 10.1 Å². The highest BCUT2D eigenvalue weighted by Gasteiger charge is 2.58. The number of likely N-dealkylation sites (tertiary alicyclic amines) is 1. The van der Waals surface area contributed by atoms with Gasteiger partial charge in [-0.05, 0) is 175 Å². The topological polar surface area (TPSA) is 235 Å². The number of esters is 4. The number of hydrogen-bond donors (Lipinski definition) is 3. The Labute approximate surface area is 537 Å². The van der Waals surface area contributed by atoms with E-state index < -0.39 is 67.9 Å². The van der Waals surface area contributed by atoms with Crippen molar-refractivity contribution in [3.8, 4) is 0 Å². The molecule has 1 unspecified atom stereocenters. The maximum absolute atomic E-state index is 14.6. The smallest absolute Gasteiger partial charge is 0.323 e. The van der Waals surface area contributed by atoms with Gasteiger partial charge in [0.05, 0.1) is 95.4 Å². The second kappa shape index (κ2) is 32.7. The monoisotopic (exact) mass is 1270 g/mol. The normalized spacial score (nSPS) is 25.2. The van der Waals surface area contributed by atoms with Crippen LogP contribution in [0.2, 0.25) is 0 Å². The third-order valence-corrected chi connectivity index (χ3v) is 20.6. The Morgan fingerprint density at radius 1 is 0.393 bits per heavy atom. The number of ether oxygens (including phenoxy) is 8. The van der Waals surface area contributed by atoms with Crippen molar-refractivity contribution < 1.29 is 82.5 Å². The van der Waals surface area contributed by atoms with E-state index in [1.54, 1.807) is 5.06 Å². The van der Waals surface area contributed by atoms with Crippen LogP contribution < -0.4 is 0 Å². The van der Waals surface area contributed by atoms with Gasteiger partial charge >= 0.3 is 23.9 Å². The molecule has 0 spiro atoms. The molecule has 20 heteroatoms. The molecule has 0 bridgehead atoms. The maximum Gasteiger partial charge on any atom is 0.323 e. The lowest BCUT2D eigenvalue weighted by atomic mass is 9.76. The van der Waals surface area contributed by atoms with Crippen molar-refractivity contribution in [1.29, 1.82) is 0 Å². The molecule has 520 valence electrons. The first-order valence-electron chi connectivity index (χ1n) is 34.4. The predicted molar refractivity (Wildman–Crippen MR) is 343 cm³/mol. The number of carbonyl (C=O) groups excluding carboxylic acids is 4. The molecule has 4 heterocycles. The van der Waals surface area contributed by atoms with Gasteiger partial charge in [0.2, 0.25) is 0 Å². The molecule has 4 fully saturated rings. The highest BCUT2D eigenvalue weighted by Crippen LogP contribution is 2.45. The zero-order chi connectivity index (χ0) is 67.1. The zero-order valence-corrected chi connectivity index (χ0v) is 59.5. The van der Waals surface area contributed by atoms with Crippen LogP contribution >= 0.6 is 0 Å². The molecule has 4 aliphatic rings. The van der Waals surface area contributed by atoms with E-state index in [1.807, 2.05) is 104 Å². The fourth-order valence-corrected chi connectivity index (χ4v) is 15.2. The van der Waals surface area contributed by atoms with E-state index in [0.29, 0.717) is 142 Å². The summed E-state index contributed by atoms with van der Waals surface area (Å²) >= 11 is 0. The van der Waals surface area contributed by atoms with Crippen LogP contribution in [0.25, 0.3) is 0 Å². The number of piperidine rings is 4. The first-order chi connectivity index (χ1) is 41.1. The molecule has 0 amide bonds. The summed E-state index contributed by atoms with van der Waals surface area (Å²) in [5.41, 5.74) is -6.66. The summed E-state index contributed by atoms with van der Waals surface area (Å²) in [4.78, 5) is 58.4. The standard InChI is InChI=1S/C69H129N4O16/c1-20-22-32-68(56(74)86-40-28-36-82-52-44-60(3,4)70(78)61(5,6)45-52,57(75)87-41-29-37-83-53-46-62(7,8)71(79)63(9,10)47-53)34-26-24-25-27-35-69(33-23-21-2,58(76)88-42-30-38-84-54-48-64(11,12)72(80)65(13,14)49-54)59(77)89-43-31-39-85-55-50-66(15,16)73(19,81)67(17,18)51-55/h52-55,78-81H,20-51H2,1-19H3/q+1/p+1. The van der Waals surface area contributed by atoms with Gasteiger partial charge in [-0.2, -0.15) is 14.8 Å². The molecule has 0 saturated carbocycles. The predicted octanol–water partition coefficient (Wildman–Crippen LogP) is 12.5. The molecule has 20 nitrogen and oxygen atoms in total. The van der Waals surface area contributed by atoms with Crippen LogP contribution in [0.4, 0.5) is 0 Å². The van der Waals surface area contributed by atoms with Gasteiger partial charge < -0.3 is 53.5 Å². The Hall–Kier alpha value is -2.60. The number of unbranched alkanes of at least 4 members (excludes halogenated alkanes) is 5. The second-order valence-electron chi connectivity index (χ2n) is 32.3. The molecule has 0 aromatic carbocycles. The highest BCUT2D eigenvalue weighted by atomic mass is 16.6. The number of quaternary nitrogens is 1. The van der Waals surface area contributed by atoms with E-state index in [-0.39, 0.29) is 92.3 Å². The van der Waals surface area contributed by atoms with Crippen molar-refractivity contribution in [1.82, 2.24) is 15.2 Å². The molecule has 0 radical (unpaired) electrons. The molecule has 4 rings (SSSR count). The Balaban J connectivity index is 1.47. The zero-order valence-electron chi connectivity index (χ0n) is 59.5. The molecule has 5 N–H and O–H groups in total. The van der Waals surface area contributed by atoms with E-state index in [0.717, 1.165) is 12.8 Å². The van der Waals surface area contributed by atoms with E-state index in [2.05, 4.69) is 27.7 Å². The maximum atomic E-state index is 14.6. The van der Waals surface area contributed by atoms with Crippen LogP contribution in [0.15, 0.2) is 0 Å². The minimum atomic E-state index is -1.57. The largest absolute Gasteiger partial charge is 0.465 e. The van der Waals surface area contributed by atoms with Crippen LogP contribution in [-0.2, 0) is 57.1 Å². The summed E-state index contributed by atoms with van der Waals surface area (Å²) in [6.45, 7) is 38.0. The second-order valence-corrected chi connectivity index (χ2v) is 32.3. The Morgan fingerprint density at radius 3 is 0.888 bits per heavy atom. The van der Waals surface area contributed by atoms with Crippen molar-refractivity contribution in [2.24, 2.45) is 10.8 Å². The van der Waals surface area contributed by atoms with Crippen LogP contribution in [0.3, 0.4) is 0 Å². The lowest BCUT2D eigenvalue weighted by Gasteiger charge is -2.55. The molecule has 0 aromatic rings. The highest BCUT2D eigenvalue weighted by molar-refractivity contribution is 6.00. The lowest BCUT2D eigenvalue weighted by molar-refractivity contribution is -1.16. The Kier molecular flexibility index (Phi) is 29.0. The number of rotatable bonds is 37. The van der Waals surface area contributed by atoms with Crippen LogP contribution in [0, 0.1) is 10.8 Å². The fourth-order valence-electron chi connectivity index (χ4n) is 15.2. The van der Waals surface area contributed by atoms with Crippen molar-refractivity contribution >= 4 is 23.9 Å². The molecular formula is C69H130N4O16+2. The van der Waals surface area contributed by atoms with Gasteiger partial charge in [0.15, 0.2) is 10.8 Å². The van der Waals surface area contributed by atoms with Crippen molar-refractivity contribution in [2.45, 2.75) is 347 Å². The molecule has 1 atom stereocenters. The summed E-state index contributed by atoms with van der Waals surface area (Å²) in [5, 5.41) is 46.2. The van der Waals surface area contributed by atoms with Gasteiger partial charge in [-0.15, -0.1) is 0 Å². The minimum Gasteiger partial charge on any atom is -0.465 e. The third-order valence-electron chi connectivity index (χ3n) is 20.6. The van der Waals surface area contributed by atoms with Crippen molar-refractivity contribution in [2.75, 3.05) is 59.9 Å². The van der Waals surface area contributed by atoms with Gasteiger partial charge in [0, 0.05) is 60.7 Å². The average Bonchev–Trinajstić information content (AvgIpc) is 0.920. The van der Waals surface area contributed by atoms with Crippen LogP contribution in [0.1, 0.15) is 279 Å². The summed E-state index contributed by atoms with van der Waals surface area (Å²) in [7, 11) is 1.85. The minimum absolute atomic E-state index is 0.0501. The molecular weight excluding hydrogens is 1140 g/mol. The first-order valence-corrected chi connectivity index (χ1v) is 34.4. The molecule has 4 saturated heterocycles. The van der Waals surface area contributed by atoms with E-state index >= 15 is 0 Å².